The number of para-hydroxylation sites is 1. The molecule has 3 heteroatoms. The average Bonchev–Trinajstić information content (AvgIpc) is 2.73. The lowest BCUT2D eigenvalue weighted by atomic mass is 10.1. The Labute approximate surface area is 97.0 Å². The van der Waals surface area contributed by atoms with Crippen LogP contribution in [0.5, 0.6) is 0 Å². The summed E-state index contributed by atoms with van der Waals surface area (Å²) < 4.78 is 0. The van der Waals surface area contributed by atoms with Crippen molar-refractivity contribution in [2.24, 2.45) is 0 Å². The van der Waals surface area contributed by atoms with E-state index in [9.17, 15) is 0 Å². The average molecular weight is 217 g/mol. The zero-order valence-electron chi connectivity index (χ0n) is 9.87. The fourth-order valence-electron chi connectivity index (χ4n) is 2.78. The summed E-state index contributed by atoms with van der Waals surface area (Å²) in [6.07, 6.45) is 1.20. The van der Waals surface area contributed by atoms with Crippen LogP contribution in [0.1, 0.15) is 5.56 Å². The van der Waals surface area contributed by atoms with E-state index < -0.39 is 0 Å². The zero-order chi connectivity index (χ0) is 11.0. The minimum absolute atomic E-state index is 1.10. The summed E-state index contributed by atoms with van der Waals surface area (Å²) in [6, 6.07) is 6.74. The summed E-state index contributed by atoms with van der Waals surface area (Å²) in [6.45, 7) is 5.63. The molecular formula is C13H19N3. The number of rotatable bonds is 1. The van der Waals surface area contributed by atoms with E-state index >= 15 is 0 Å². The zero-order valence-corrected chi connectivity index (χ0v) is 9.87. The Morgan fingerprint density at radius 2 is 1.94 bits per heavy atom. The molecule has 1 saturated heterocycles. The molecule has 16 heavy (non-hydrogen) atoms. The summed E-state index contributed by atoms with van der Waals surface area (Å²) in [5, 5.41) is 3.41. The molecular weight excluding hydrogens is 198 g/mol. The third kappa shape index (κ3) is 1.55. The molecule has 0 unspecified atom stereocenters. The lowest BCUT2D eigenvalue weighted by Gasteiger charge is -2.32. The molecule has 0 amide bonds. The maximum absolute atomic E-state index is 3.41. The minimum Gasteiger partial charge on any atom is -0.372 e. The molecule has 2 aliphatic rings. The second-order valence-corrected chi connectivity index (χ2v) is 4.69. The second kappa shape index (κ2) is 3.98. The number of hydrogen-bond acceptors (Lipinski definition) is 3. The Balaban J connectivity index is 1.97. The Morgan fingerprint density at radius 1 is 1.12 bits per heavy atom. The first-order valence-corrected chi connectivity index (χ1v) is 6.15. The van der Waals surface area contributed by atoms with Crippen LogP contribution in [0.15, 0.2) is 18.2 Å². The quantitative estimate of drug-likeness (QED) is 0.759. The number of likely N-dealkylation sites (N-methyl/N-ethyl adjacent to an activating group) is 1. The fraction of sp³-hybridized carbons (Fsp3) is 0.538. The van der Waals surface area contributed by atoms with Gasteiger partial charge in [0, 0.05) is 39.8 Å². The van der Waals surface area contributed by atoms with E-state index in [4.69, 9.17) is 0 Å². The van der Waals surface area contributed by atoms with E-state index in [0.29, 0.717) is 0 Å². The van der Waals surface area contributed by atoms with E-state index in [-0.39, 0.29) is 0 Å². The van der Waals surface area contributed by atoms with Crippen LogP contribution < -0.4 is 15.1 Å². The molecule has 0 aromatic heterocycles. The molecule has 1 fully saturated rings. The molecule has 0 atom stereocenters. The predicted molar refractivity (Wildman–Crippen MR) is 68.5 cm³/mol. The third-order valence-electron chi connectivity index (χ3n) is 3.65. The molecule has 3 nitrogen and oxygen atoms in total. The summed E-state index contributed by atoms with van der Waals surface area (Å²) in [5.41, 5.74) is 4.40. The van der Waals surface area contributed by atoms with E-state index in [0.717, 1.165) is 26.2 Å². The van der Waals surface area contributed by atoms with Crippen molar-refractivity contribution in [3.05, 3.63) is 23.8 Å². The molecule has 3 rings (SSSR count). The molecule has 0 spiro atoms. The van der Waals surface area contributed by atoms with Crippen molar-refractivity contribution in [3.8, 4) is 0 Å². The number of benzene rings is 1. The van der Waals surface area contributed by atoms with Gasteiger partial charge in [-0.05, 0) is 18.1 Å². The van der Waals surface area contributed by atoms with Gasteiger partial charge in [0.1, 0.15) is 0 Å². The third-order valence-corrected chi connectivity index (χ3v) is 3.65. The maximum Gasteiger partial charge on any atom is 0.0634 e. The molecule has 0 bridgehead atoms. The maximum atomic E-state index is 3.41. The van der Waals surface area contributed by atoms with Gasteiger partial charge in [0.2, 0.25) is 0 Å². The van der Waals surface area contributed by atoms with Crippen molar-refractivity contribution >= 4 is 11.4 Å². The molecule has 1 aromatic carbocycles. The van der Waals surface area contributed by atoms with Crippen molar-refractivity contribution in [2.75, 3.05) is 49.6 Å². The highest BCUT2D eigenvalue weighted by atomic mass is 15.2. The van der Waals surface area contributed by atoms with Crippen LogP contribution in [-0.2, 0) is 6.42 Å². The number of hydrogen-bond donors (Lipinski definition) is 1. The topological polar surface area (TPSA) is 18.5 Å². The molecule has 1 aromatic rings. The summed E-state index contributed by atoms with van der Waals surface area (Å²) >= 11 is 0. The summed E-state index contributed by atoms with van der Waals surface area (Å²) in [5.74, 6) is 0. The Kier molecular flexibility index (Phi) is 2.48. The standard InChI is InChI=1S/C13H19N3/c1-15-8-5-11-3-2-4-12(13(11)15)16-9-6-14-7-10-16/h2-4,14H,5-10H2,1H3. The van der Waals surface area contributed by atoms with Crippen molar-refractivity contribution in [3.63, 3.8) is 0 Å². The molecule has 1 N–H and O–H groups in total. The van der Waals surface area contributed by atoms with Gasteiger partial charge >= 0.3 is 0 Å². The molecule has 86 valence electrons. The lowest BCUT2D eigenvalue weighted by molar-refractivity contribution is 0.589. The monoisotopic (exact) mass is 217 g/mol. The summed E-state index contributed by atoms with van der Waals surface area (Å²) in [4.78, 5) is 4.91. The molecule has 0 radical (unpaired) electrons. The Hall–Kier alpha value is -1.22. The number of fused-ring (bicyclic) bond motifs is 1. The predicted octanol–water partition coefficient (Wildman–Crippen LogP) is 1.09. The van der Waals surface area contributed by atoms with E-state index in [1.807, 2.05) is 0 Å². The fourth-order valence-corrected chi connectivity index (χ4v) is 2.78. The van der Waals surface area contributed by atoms with Gasteiger partial charge in [-0.1, -0.05) is 12.1 Å². The van der Waals surface area contributed by atoms with Crippen LogP contribution in [0.3, 0.4) is 0 Å². The molecule has 2 heterocycles. The van der Waals surface area contributed by atoms with Crippen LogP contribution in [0.4, 0.5) is 11.4 Å². The highest BCUT2D eigenvalue weighted by Crippen LogP contribution is 2.36. The van der Waals surface area contributed by atoms with Gasteiger partial charge in [0.05, 0.1) is 11.4 Å². The van der Waals surface area contributed by atoms with Gasteiger partial charge in [-0.25, -0.2) is 0 Å². The first-order chi connectivity index (χ1) is 7.86. The SMILES string of the molecule is CN1CCc2cccc(N3CCNCC3)c21. The van der Waals surface area contributed by atoms with Gasteiger partial charge in [0.15, 0.2) is 0 Å². The van der Waals surface area contributed by atoms with Crippen molar-refractivity contribution in [1.82, 2.24) is 5.32 Å². The van der Waals surface area contributed by atoms with Crippen LogP contribution in [0, 0.1) is 0 Å². The van der Waals surface area contributed by atoms with Crippen molar-refractivity contribution < 1.29 is 0 Å². The molecule has 2 aliphatic heterocycles. The van der Waals surface area contributed by atoms with Gasteiger partial charge in [-0.15, -0.1) is 0 Å². The molecule has 0 aliphatic carbocycles. The van der Waals surface area contributed by atoms with Gasteiger partial charge in [-0.2, -0.15) is 0 Å². The van der Waals surface area contributed by atoms with Crippen LogP contribution in [0.25, 0.3) is 0 Å². The number of nitrogens with zero attached hydrogens (tertiary/aromatic N) is 2. The van der Waals surface area contributed by atoms with Crippen LogP contribution >= 0.6 is 0 Å². The highest BCUT2D eigenvalue weighted by molar-refractivity contribution is 5.77. The first kappa shape index (κ1) is 9.97. The van der Waals surface area contributed by atoms with Gasteiger partial charge < -0.3 is 15.1 Å². The number of anilines is 2. The van der Waals surface area contributed by atoms with E-state index in [1.54, 1.807) is 0 Å². The lowest BCUT2D eigenvalue weighted by Crippen LogP contribution is -2.43. The molecule has 0 saturated carbocycles. The van der Waals surface area contributed by atoms with Crippen molar-refractivity contribution in [1.29, 1.82) is 0 Å². The number of nitrogens with one attached hydrogen (secondary N) is 1. The second-order valence-electron chi connectivity index (χ2n) is 4.69. The van der Waals surface area contributed by atoms with Crippen LogP contribution in [0.2, 0.25) is 0 Å². The minimum atomic E-state index is 1.10. The Morgan fingerprint density at radius 3 is 2.75 bits per heavy atom. The normalized spacial score (nSPS) is 20.1. The Bertz CT molecular complexity index is 383. The smallest absolute Gasteiger partial charge is 0.0634 e. The van der Waals surface area contributed by atoms with E-state index in [1.165, 1.54) is 29.9 Å². The van der Waals surface area contributed by atoms with Gasteiger partial charge in [0.25, 0.3) is 0 Å². The summed E-state index contributed by atoms with van der Waals surface area (Å²) in [7, 11) is 2.21. The van der Waals surface area contributed by atoms with Gasteiger partial charge in [-0.3, -0.25) is 0 Å². The first-order valence-electron chi connectivity index (χ1n) is 6.15. The number of piperazine rings is 1. The van der Waals surface area contributed by atoms with Crippen molar-refractivity contribution in [2.45, 2.75) is 6.42 Å². The van der Waals surface area contributed by atoms with Crippen LogP contribution in [-0.4, -0.2) is 39.8 Å². The largest absolute Gasteiger partial charge is 0.372 e. The highest BCUT2D eigenvalue weighted by Gasteiger charge is 2.22. The van der Waals surface area contributed by atoms with E-state index in [2.05, 4.69) is 40.4 Å².